The Bertz CT molecular complexity index is 300. The fraction of sp³-hybridized carbons (Fsp3) is 1.00. The van der Waals surface area contributed by atoms with Crippen LogP contribution in [0.1, 0.15) is 51.4 Å². The Morgan fingerprint density at radius 1 is 0.636 bits per heavy atom. The second-order valence-corrected chi connectivity index (χ2v) is 8.70. The van der Waals surface area contributed by atoms with Crippen LogP contribution < -0.4 is 21.3 Å². The van der Waals surface area contributed by atoms with Crippen molar-refractivity contribution in [3.05, 3.63) is 0 Å². The molecule has 0 heterocycles. The first kappa shape index (κ1) is 24.5. The lowest BCUT2D eigenvalue weighted by Crippen LogP contribution is -2.50. The van der Waals surface area contributed by atoms with E-state index in [0.717, 1.165) is 13.1 Å². The summed E-state index contributed by atoms with van der Waals surface area (Å²) in [6.45, 7) is 2.19. The molecular formula is C12H32N2O6P2. The zero-order chi connectivity index (χ0) is 17.5. The summed E-state index contributed by atoms with van der Waals surface area (Å²) in [5.41, 5.74) is 7.54. The molecule has 2 unspecified atom stereocenters. The van der Waals surface area contributed by atoms with Crippen LogP contribution in [0.4, 0.5) is 0 Å². The number of hydrogen-bond acceptors (Lipinski definition) is 4. The van der Waals surface area contributed by atoms with E-state index in [1.54, 1.807) is 0 Å². The predicted molar refractivity (Wildman–Crippen MR) is 81.8 cm³/mol. The molecule has 0 aromatic carbocycles. The SMILES string of the molecule is O=P([O-])(O)CCCCCCP(=O)([O-])O.[NH3+]CCCCCC[NH3+]. The van der Waals surface area contributed by atoms with Gasteiger partial charge in [0.2, 0.25) is 0 Å². The number of unbranched alkanes of at least 4 members (excludes halogenated alkanes) is 6. The van der Waals surface area contributed by atoms with Crippen LogP contribution in [-0.2, 0) is 9.13 Å². The second-order valence-electron chi connectivity index (χ2n) is 5.26. The third-order valence-electron chi connectivity index (χ3n) is 2.88. The Labute approximate surface area is 133 Å². The molecule has 0 saturated carbocycles. The minimum Gasteiger partial charge on any atom is -0.779 e. The van der Waals surface area contributed by atoms with E-state index < -0.39 is 15.2 Å². The van der Waals surface area contributed by atoms with Gasteiger partial charge in [0, 0.05) is 12.3 Å². The molecule has 0 fully saturated rings. The van der Waals surface area contributed by atoms with Crippen molar-refractivity contribution in [2.45, 2.75) is 51.4 Å². The highest BCUT2D eigenvalue weighted by Crippen LogP contribution is 2.32. The molecule has 22 heavy (non-hydrogen) atoms. The van der Waals surface area contributed by atoms with E-state index in [4.69, 9.17) is 9.79 Å². The van der Waals surface area contributed by atoms with Crippen LogP contribution in [0.3, 0.4) is 0 Å². The summed E-state index contributed by atoms with van der Waals surface area (Å²) < 4.78 is 20.5. The zero-order valence-electron chi connectivity index (χ0n) is 13.3. The average molecular weight is 362 g/mol. The molecule has 2 atom stereocenters. The Morgan fingerprint density at radius 3 is 1.14 bits per heavy atom. The molecule has 0 aromatic heterocycles. The van der Waals surface area contributed by atoms with Crippen LogP contribution in [0.5, 0.6) is 0 Å². The molecule has 8 N–H and O–H groups in total. The maximum absolute atomic E-state index is 10.3. The van der Waals surface area contributed by atoms with Gasteiger partial charge in [-0.05, 0) is 38.5 Å². The average Bonchev–Trinajstić information content (AvgIpc) is 2.37. The quantitative estimate of drug-likeness (QED) is 0.247. The first-order valence-corrected chi connectivity index (χ1v) is 11.3. The highest BCUT2D eigenvalue weighted by Gasteiger charge is 2.03. The van der Waals surface area contributed by atoms with E-state index in [9.17, 15) is 18.9 Å². The predicted octanol–water partition coefficient (Wildman–Crippen LogP) is -1.33. The lowest BCUT2D eigenvalue weighted by Gasteiger charge is -2.16. The molecule has 0 aliphatic rings. The van der Waals surface area contributed by atoms with Crippen molar-refractivity contribution in [3.63, 3.8) is 0 Å². The van der Waals surface area contributed by atoms with Crippen molar-refractivity contribution in [2.24, 2.45) is 0 Å². The van der Waals surface area contributed by atoms with Gasteiger partial charge in [0.1, 0.15) is 15.2 Å². The molecule has 136 valence electrons. The highest BCUT2D eigenvalue weighted by atomic mass is 31.2. The fourth-order valence-electron chi connectivity index (χ4n) is 1.68. The van der Waals surface area contributed by atoms with Gasteiger partial charge in [0.15, 0.2) is 0 Å². The molecule has 0 rings (SSSR count). The van der Waals surface area contributed by atoms with Gasteiger partial charge in [-0.3, -0.25) is 0 Å². The summed E-state index contributed by atoms with van der Waals surface area (Å²) in [7, 11) is -8.33. The molecule has 0 aliphatic heterocycles. The topological polar surface area (TPSA) is 176 Å². The normalized spacial score (nSPS) is 16.3. The maximum Gasteiger partial charge on any atom is 0.132 e. The van der Waals surface area contributed by atoms with Crippen molar-refractivity contribution < 1.29 is 40.2 Å². The van der Waals surface area contributed by atoms with Gasteiger partial charge in [0.05, 0.1) is 13.1 Å². The van der Waals surface area contributed by atoms with E-state index >= 15 is 0 Å². The molecule has 0 aromatic rings. The van der Waals surface area contributed by atoms with Gasteiger partial charge in [-0.25, -0.2) is 0 Å². The summed E-state index contributed by atoms with van der Waals surface area (Å²) in [5.74, 6) is 0. The Balaban J connectivity index is 0. The van der Waals surface area contributed by atoms with Crippen LogP contribution in [0.25, 0.3) is 0 Å². The molecule has 0 bridgehead atoms. The Morgan fingerprint density at radius 2 is 0.909 bits per heavy atom. The van der Waals surface area contributed by atoms with E-state index in [2.05, 4.69) is 11.5 Å². The van der Waals surface area contributed by atoms with Crippen LogP contribution in [-0.4, -0.2) is 35.2 Å². The van der Waals surface area contributed by atoms with E-state index in [0.29, 0.717) is 25.7 Å². The van der Waals surface area contributed by atoms with Crippen LogP contribution in [0.15, 0.2) is 0 Å². The number of hydrogen-bond donors (Lipinski definition) is 4. The minimum atomic E-state index is -4.16. The molecule has 10 heteroatoms. The van der Waals surface area contributed by atoms with Crippen LogP contribution >= 0.6 is 15.2 Å². The molecule has 0 radical (unpaired) electrons. The van der Waals surface area contributed by atoms with E-state index in [1.807, 2.05) is 0 Å². The van der Waals surface area contributed by atoms with Crippen molar-refractivity contribution in [1.29, 1.82) is 0 Å². The van der Waals surface area contributed by atoms with E-state index in [-0.39, 0.29) is 12.3 Å². The summed E-state index contributed by atoms with van der Waals surface area (Å²) >= 11 is 0. The van der Waals surface area contributed by atoms with Gasteiger partial charge < -0.3 is 40.2 Å². The van der Waals surface area contributed by atoms with Crippen molar-refractivity contribution >= 4 is 15.2 Å². The van der Waals surface area contributed by atoms with Crippen LogP contribution in [0, 0.1) is 0 Å². The smallest absolute Gasteiger partial charge is 0.132 e. The van der Waals surface area contributed by atoms with Crippen molar-refractivity contribution in [3.8, 4) is 0 Å². The van der Waals surface area contributed by atoms with Gasteiger partial charge in [-0.2, -0.15) is 0 Å². The minimum absolute atomic E-state index is 0.277. The molecular weight excluding hydrogens is 330 g/mol. The van der Waals surface area contributed by atoms with Gasteiger partial charge in [-0.1, -0.05) is 12.8 Å². The Hall–Kier alpha value is 0.220. The summed E-state index contributed by atoms with van der Waals surface area (Å²) in [4.78, 5) is 37.3. The van der Waals surface area contributed by atoms with Gasteiger partial charge >= 0.3 is 0 Å². The summed E-state index contributed by atoms with van der Waals surface area (Å²) in [6, 6.07) is 0. The summed E-state index contributed by atoms with van der Waals surface area (Å²) in [6.07, 6.45) is 6.39. The molecule has 8 nitrogen and oxygen atoms in total. The third kappa shape index (κ3) is 28.4. The van der Waals surface area contributed by atoms with Gasteiger partial charge in [-0.15, -0.1) is 0 Å². The van der Waals surface area contributed by atoms with Crippen LogP contribution in [0.2, 0.25) is 0 Å². The lowest BCUT2D eigenvalue weighted by molar-refractivity contribution is -0.371. The monoisotopic (exact) mass is 362 g/mol. The maximum atomic E-state index is 10.3. The first-order chi connectivity index (χ1) is 10.1. The van der Waals surface area contributed by atoms with Gasteiger partial charge in [0.25, 0.3) is 0 Å². The molecule has 0 saturated heterocycles. The largest absolute Gasteiger partial charge is 0.779 e. The molecule has 0 aliphatic carbocycles. The fourth-order valence-corrected chi connectivity index (χ4v) is 2.93. The molecule has 0 amide bonds. The van der Waals surface area contributed by atoms with Crippen molar-refractivity contribution in [1.82, 2.24) is 0 Å². The first-order valence-electron chi connectivity index (χ1n) is 7.76. The highest BCUT2D eigenvalue weighted by molar-refractivity contribution is 7.50. The second kappa shape index (κ2) is 14.8. The Kier molecular flexibility index (Phi) is 16.5. The zero-order valence-corrected chi connectivity index (χ0v) is 15.1. The lowest BCUT2D eigenvalue weighted by atomic mass is 10.2. The summed E-state index contributed by atoms with van der Waals surface area (Å²) in [5, 5.41) is 0. The molecule has 0 spiro atoms. The number of rotatable bonds is 12. The van der Waals surface area contributed by atoms with Crippen molar-refractivity contribution in [2.75, 3.05) is 25.4 Å². The standard InChI is InChI=1S/C6H16N2.C6H16O6P2/c7-5-3-1-2-4-6-8;7-13(8,9)5-3-1-2-4-6-14(10,11)12/h1-8H2;1-6H2,(H2,7,8,9)(H2,10,11,12). The third-order valence-corrected chi connectivity index (χ3v) is 4.64. The van der Waals surface area contributed by atoms with E-state index in [1.165, 1.54) is 25.7 Å². The number of quaternary nitrogens is 2.